The third kappa shape index (κ3) is 22.8. The van der Waals surface area contributed by atoms with Crippen LogP contribution in [0.3, 0.4) is 0 Å². The molecular formula is C7H21N2O4P. The average Bonchev–Trinajstić information content (AvgIpc) is 2.04. The van der Waals surface area contributed by atoms with Crippen LogP contribution in [0.4, 0.5) is 0 Å². The Bertz CT molecular complexity index is 105. The van der Waals surface area contributed by atoms with Gasteiger partial charge in [0.05, 0.1) is 6.10 Å². The zero-order valence-corrected chi connectivity index (χ0v) is 9.11. The molecule has 0 amide bonds. The molecule has 0 aromatic rings. The first-order valence-corrected chi connectivity index (χ1v) is 5.77. The fourth-order valence-electron chi connectivity index (χ4n) is 0.818. The van der Waals surface area contributed by atoms with Crippen molar-refractivity contribution >= 4 is 8.53 Å². The summed E-state index contributed by atoms with van der Waals surface area (Å²) in [6, 6.07) is 0. The van der Waals surface area contributed by atoms with E-state index in [0.29, 0.717) is 13.0 Å². The molecule has 0 bridgehead atoms. The standard InChI is InChI=1S/C7H17NO2.H4NO2P/c8-5-2-1-3-7(10)4-6-9;1-4(2)3/h7,9-10H,1-6,8H2;2-3H,1H2. The molecule has 88 valence electrons. The lowest BCUT2D eigenvalue weighted by molar-refractivity contribution is 0.123. The molecule has 0 spiro atoms. The van der Waals surface area contributed by atoms with Gasteiger partial charge in [-0.3, -0.25) is 5.50 Å². The van der Waals surface area contributed by atoms with E-state index in [1.54, 1.807) is 0 Å². The maximum Gasteiger partial charge on any atom is 0.247 e. The Morgan fingerprint density at radius 1 is 1.14 bits per heavy atom. The van der Waals surface area contributed by atoms with Gasteiger partial charge < -0.3 is 25.7 Å². The first-order chi connectivity index (χ1) is 6.54. The van der Waals surface area contributed by atoms with Gasteiger partial charge in [0.1, 0.15) is 0 Å². The number of hydrogen-bond donors (Lipinski definition) is 6. The molecular weight excluding hydrogens is 207 g/mol. The van der Waals surface area contributed by atoms with E-state index in [4.69, 9.17) is 25.7 Å². The van der Waals surface area contributed by atoms with E-state index in [-0.39, 0.29) is 12.7 Å². The van der Waals surface area contributed by atoms with Gasteiger partial charge in [-0.25, -0.2) is 0 Å². The highest BCUT2D eigenvalue weighted by atomic mass is 31.2. The van der Waals surface area contributed by atoms with E-state index in [0.717, 1.165) is 19.3 Å². The van der Waals surface area contributed by atoms with E-state index in [1.165, 1.54) is 0 Å². The molecule has 0 heterocycles. The summed E-state index contributed by atoms with van der Waals surface area (Å²) < 4.78 is 0. The third-order valence-corrected chi connectivity index (χ3v) is 1.45. The first-order valence-electron chi connectivity index (χ1n) is 4.46. The second-order valence-electron chi connectivity index (χ2n) is 2.77. The molecule has 8 N–H and O–H groups in total. The third-order valence-electron chi connectivity index (χ3n) is 1.45. The molecule has 0 aliphatic rings. The van der Waals surface area contributed by atoms with E-state index < -0.39 is 8.53 Å². The van der Waals surface area contributed by atoms with Crippen LogP contribution in [-0.2, 0) is 0 Å². The molecule has 0 aliphatic heterocycles. The Labute approximate surface area is 85.5 Å². The quantitative estimate of drug-likeness (QED) is 0.255. The van der Waals surface area contributed by atoms with Gasteiger partial charge in [0.15, 0.2) is 0 Å². The Balaban J connectivity index is 0. The van der Waals surface area contributed by atoms with Gasteiger partial charge in [-0.2, -0.15) is 0 Å². The van der Waals surface area contributed by atoms with Crippen LogP contribution in [0, 0.1) is 0 Å². The van der Waals surface area contributed by atoms with Gasteiger partial charge >= 0.3 is 0 Å². The number of unbranched alkanes of at least 4 members (excludes halogenated alkanes) is 1. The van der Waals surface area contributed by atoms with Crippen LogP contribution in [-0.4, -0.2) is 39.3 Å². The summed E-state index contributed by atoms with van der Waals surface area (Å²) in [4.78, 5) is 14.9. The smallest absolute Gasteiger partial charge is 0.247 e. The van der Waals surface area contributed by atoms with E-state index in [1.807, 2.05) is 0 Å². The van der Waals surface area contributed by atoms with Crippen molar-refractivity contribution in [2.75, 3.05) is 13.2 Å². The zero-order valence-electron chi connectivity index (χ0n) is 8.21. The summed E-state index contributed by atoms with van der Waals surface area (Å²) in [5, 5.41) is 17.5. The normalized spacial score (nSPS) is 12.2. The van der Waals surface area contributed by atoms with Crippen molar-refractivity contribution in [2.24, 2.45) is 11.2 Å². The Hall–Kier alpha value is 0.190. The highest BCUT2D eigenvalue weighted by molar-refractivity contribution is 7.42. The Morgan fingerprint density at radius 3 is 2.00 bits per heavy atom. The van der Waals surface area contributed by atoms with Gasteiger partial charge in [-0.1, -0.05) is 0 Å². The minimum absolute atomic E-state index is 0.0732. The Morgan fingerprint density at radius 2 is 1.64 bits per heavy atom. The molecule has 0 aromatic heterocycles. The van der Waals surface area contributed by atoms with Crippen LogP contribution in [0.15, 0.2) is 0 Å². The maximum atomic E-state index is 9.07. The van der Waals surface area contributed by atoms with E-state index in [2.05, 4.69) is 5.50 Å². The second-order valence-corrected chi connectivity index (χ2v) is 3.41. The predicted molar refractivity (Wildman–Crippen MR) is 56.2 cm³/mol. The average molecular weight is 228 g/mol. The number of nitrogens with two attached hydrogens (primary N) is 2. The van der Waals surface area contributed by atoms with Crippen LogP contribution in [0.25, 0.3) is 0 Å². The van der Waals surface area contributed by atoms with Gasteiger partial charge in [0.2, 0.25) is 8.53 Å². The largest absolute Gasteiger partial charge is 0.396 e. The van der Waals surface area contributed by atoms with Crippen molar-refractivity contribution in [3.8, 4) is 0 Å². The molecule has 0 saturated heterocycles. The summed E-state index contributed by atoms with van der Waals surface area (Å²) in [5.41, 5.74) is 9.54. The van der Waals surface area contributed by atoms with Crippen molar-refractivity contribution in [3.63, 3.8) is 0 Å². The maximum absolute atomic E-state index is 9.07. The lowest BCUT2D eigenvalue weighted by Gasteiger charge is -2.06. The number of rotatable bonds is 6. The summed E-state index contributed by atoms with van der Waals surface area (Å²) in [6.45, 7) is 0.760. The summed E-state index contributed by atoms with van der Waals surface area (Å²) >= 11 is 0. The molecule has 0 saturated carbocycles. The van der Waals surface area contributed by atoms with Gasteiger partial charge in [-0.15, -0.1) is 0 Å². The van der Waals surface area contributed by atoms with Crippen LogP contribution in [0.5, 0.6) is 0 Å². The predicted octanol–water partition coefficient (Wildman–Crippen LogP) is -0.985. The highest BCUT2D eigenvalue weighted by Gasteiger charge is 2.00. The molecule has 0 radical (unpaired) electrons. The van der Waals surface area contributed by atoms with Crippen molar-refractivity contribution in [1.29, 1.82) is 0 Å². The summed E-state index contributed by atoms with van der Waals surface area (Å²) in [7, 11) is -2.12. The van der Waals surface area contributed by atoms with Gasteiger partial charge in [0.25, 0.3) is 0 Å². The Kier molecular flexibility index (Phi) is 15.7. The molecule has 14 heavy (non-hydrogen) atoms. The number of hydrogen-bond acceptors (Lipinski definition) is 6. The number of aliphatic hydroxyl groups excluding tert-OH is 2. The van der Waals surface area contributed by atoms with Crippen LogP contribution < -0.4 is 11.2 Å². The lowest BCUT2D eigenvalue weighted by atomic mass is 10.1. The minimum atomic E-state index is -2.12. The van der Waals surface area contributed by atoms with Crippen molar-refractivity contribution in [1.82, 2.24) is 0 Å². The molecule has 0 aromatic carbocycles. The van der Waals surface area contributed by atoms with Crippen molar-refractivity contribution < 1.29 is 20.0 Å². The monoisotopic (exact) mass is 228 g/mol. The second kappa shape index (κ2) is 13.2. The lowest BCUT2D eigenvalue weighted by Crippen LogP contribution is -2.09. The topological polar surface area (TPSA) is 133 Å². The molecule has 1 unspecified atom stereocenters. The molecule has 0 fully saturated rings. The molecule has 1 atom stereocenters. The molecule has 6 nitrogen and oxygen atoms in total. The highest BCUT2D eigenvalue weighted by Crippen LogP contribution is 2.05. The van der Waals surface area contributed by atoms with Crippen molar-refractivity contribution in [2.45, 2.75) is 31.8 Å². The number of aliphatic hydroxyl groups is 2. The first kappa shape index (κ1) is 16.6. The summed E-state index contributed by atoms with van der Waals surface area (Å²) in [5.74, 6) is 0. The van der Waals surface area contributed by atoms with Crippen LogP contribution in [0.2, 0.25) is 0 Å². The van der Waals surface area contributed by atoms with Crippen molar-refractivity contribution in [3.05, 3.63) is 0 Å². The van der Waals surface area contributed by atoms with E-state index in [9.17, 15) is 0 Å². The van der Waals surface area contributed by atoms with Gasteiger partial charge in [0, 0.05) is 6.61 Å². The van der Waals surface area contributed by atoms with Crippen LogP contribution >= 0.6 is 8.53 Å². The summed E-state index contributed by atoms with van der Waals surface area (Å²) in [6.07, 6.45) is 2.83. The molecule has 7 heteroatoms. The SMILES string of the molecule is NCCCCC(O)CCO.NP(O)O. The molecule has 0 aliphatic carbocycles. The molecule has 0 rings (SSSR count). The zero-order chi connectivity index (χ0) is 11.4. The van der Waals surface area contributed by atoms with Crippen LogP contribution in [0.1, 0.15) is 25.7 Å². The fraction of sp³-hybridized carbons (Fsp3) is 1.00. The van der Waals surface area contributed by atoms with Gasteiger partial charge in [-0.05, 0) is 32.2 Å². The van der Waals surface area contributed by atoms with E-state index >= 15 is 0 Å². The minimum Gasteiger partial charge on any atom is -0.396 e. The fourth-order valence-corrected chi connectivity index (χ4v) is 0.818.